The van der Waals surface area contributed by atoms with E-state index in [2.05, 4.69) is 34.3 Å². The van der Waals surface area contributed by atoms with Crippen LogP contribution in [0.25, 0.3) is 0 Å². The molecule has 1 aromatic heterocycles. The molecule has 1 amide bonds. The maximum absolute atomic E-state index is 12.0. The minimum atomic E-state index is -0.317. The summed E-state index contributed by atoms with van der Waals surface area (Å²) in [5, 5.41) is 13.8. The van der Waals surface area contributed by atoms with Crippen LogP contribution in [0.1, 0.15) is 58.4 Å². The fraction of sp³-hybridized carbons (Fsp3) is 0.800. The van der Waals surface area contributed by atoms with Crippen molar-refractivity contribution in [3.8, 4) is 0 Å². The minimum Gasteiger partial charge on any atom is -0.353 e. The zero-order valence-corrected chi connectivity index (χ0v) is 14.5. The molecule has 2 rings (SSSR count). The number of nitrogens with zero attached hydrogens (tertiary/aromatic N) is 3. The van der Waals surface area contributed by atoms with E-state index in [-0.39, 0.29) is 17.4 Å². The third-order valence-corrected chi connectivity index (χ3v) is 4.99. The van der Waals surface area contributed by atoms with E-state index in [9.17, 15) is 4.79 Å². The van der Waals surface area contributed by atoms with Crippen LogP contribution in [0.3, 0.4) is 0 Å². The van der Waals surface area contributed by atoms with E-state index >= 15 is 0 Å². The van der Waals surface area contributed by atoms with E-state index in [4.69, 9.17) is 0 Å². The molecule has 1 aromatic rings. The SMILES string of the molecule is CC(C)c1nnc(N2CCC(NC(=O)C(C)(C)C)CC2)s1. The lowest BCUT2D eigenvalue weighted by Crippen LogP contribution is -2.47. The summed E-state index contributed by atoms with van der Waals surface area (Å²) in [5.41, 5.74) is -0.317. The monoisotopic (exact) mass is 310 g/mol. The van der Waals surface area contributed by atoms with E-state index in [0.717, 1.165) is 36.1 Å². The standard InChI is InChI=1S/C15H26N4OS/c1-10(2)12-17-18-14(21-12)19-8-6-11(7-9-19)16-13(20)15(3,4)5/h10-11H,6-9H2,1-5H3,(H,16,20). The van der Waals surface area contributed by atoms with Gasteiger partial charge in [0.1, 0.15) is 5.01 Å². The van der Waals surface area contributed by atoms with Crippen LogP contribution in [0, 0.1) is 5.41 Å². The van der Waals surface area contributed by atoms with Crippen LogP contribution in [0.5, 0.6) is 0 Å². The Morgan fingerprint density at radius 3 is 2.38 bits per heavy atom. The van der Waals surface area contributed by atoms with Gasteiger partial charge in [-0.2, -0.15) is 0 Å². The van der Waals surface area contributed by atoms with Crippen LogP contribution >= 0.6 is 11.3 Å². The predicted octanol–water partition coefficient (Wildman–Crippen LogP) is 2.79. The van der Waals surface area contributed by atoms with Gasteiger partial charge >= 0.3 is 0 Å². The number of aromatic nitrogens is 2. The first-order valence-corrected chi connectivity index (χ1v) is 8.48. The van der Waals surface area contributed by atoms with Crippen molar-refractivity contribution in [1.29, 1.82) is 0 Å². The Kier molecular flexibility index (Phi) is 4.86. The molecule has 21 heavy (non-hydrogen) atoms. The molecule has 0 aromatic carbocycles. The first-order valence-electron chi connectivity index (χ1n) is 7.66. The largest absolute Gasteiger partial charge is 0.353 e. The maximum Gasteiger partial charge on any atom is 0.225 e. The summed E-state index contributed by atoms with van der Waals surface area (Å²) < 4.78 is 0. The van der Waals surface area contributed by atoms with Crippen molar-refractivity contribution in [1.82, 2.24) is 15.5 Å². The van der Waals surface area contributed by atoms with Crippen molar-refractivity contribution in [3.63, 3.8) is 0 Å². The molecule has 1 fully saturated rings. The molecule has 1 aliphatic rings. The van der Waals surface area contributed by atoms with Crippen molar-refractivity contribution in [2.24, 2.45) is 5.41 Å². The van der Waals surface area contributed by atoms with Gasteiger partial charge in [0.2, 0.25) is 11.0 Å². The summed E-state index contributed by atoms with van der Waals surface area (Å²) in [5.74, 6) is 0.568. The first-order chi connectivity index (χ1) is 9.77. The summed E-state index contributed by atoms with van der Waals surface area (Å²) in [6, 6.07) is 0.283. The Balaban J connectivity index is 1.87. The highest BCUT2D eigenvalue weighted by atomic mass is 32.1. The van der Waals surface area contributed by atoms with E-state index in [1.165, 1.54) is 0 Å². The third kappa shape index (κ3) is 4.15. The fourth-order valence-corrected chi connectivity index (χ4v) is 3.10. The lowest BCUT2D eigenvalue weighted by atomic mass is 9.94. The van der Waals surface area contributed by atoms with Gasteiger partial charge in [-0.05, 0) is 12.8 Å². The zero-order chi connectivity index (χ0) is 15.6. The molecule has 0 saturated carbocycles. The number of carbonyl (C=O) groups is 1. The van der Waals surface area contributed by atoms with Crippen LogP contribution < -0.4 is 10.2 Å². The molecule has 0 radical (unpaired) electrons. The van der Waals surface area contributed by atoms with Gasteiger partial charge in [-0.15, -0.1) is 10.2 Å². The van der Waals surface area contributed by atoms with Gasteiger partial charge in [0.15, 0.2) is 0 Å². The summed E-state index contributed by atoms with van der Waals surface area (Å²) in [7, 11) is 0. The number of hydrogen-bond donors (Lipinski definition) is 1. The molecule has 1 N–H and O–H groups in total. The second kappa shape index (κ2) is 6.30. The molecular weight excluding hydrogens is 284 g/mol. The summed E-state index contributed by atoms with van der Waals surface area (Å²) in [6.45, 7) is 12.0. The minimum absolute atomic E-state index is 0.138. The number of piperidine rings is 1. The Morgan fingerprint density at radius 2 is 1.90 bits per heavy atom. The first kappa shape index (κ1) is 16.2. The molecule has 0 spiro atoms. The zero-order valence-electron chi connectivity index (χ0n) is 13.6. The number of rotatable bonds is 3. The second-order valence-electron chi connectivity index (χ2n) is 7.06. The molecule has 0 bridgehead atoms. The quantitative estimate of drug-likeness (QED) is 0.932. The molecule has 5 nitrogen and oxygen atoms in total. The Morgan fingerprint density at radius 1 is 1.29 bits per heavy atom. The van der Waals surface area contributed by atoms with Crippen molar-refractivity contribution in [3.05, 3.63) is 5.01 Å². The van der Waals surface area contributed by atoms with Gasteiger partial charge in [0, 0.05) is 30.5 Å². The molecule has 0 unspecified atom stereocenters. The molecular formula is C15H26N4OS. The van der Waals surface area contributed by atoms with E-state index in [1.807, 2.05) is 20.8 Å². The van der Waals surface area contributed by atoms with Gasteiger partial charge < -0.3 is 10.2 Å². The normalized spacial score (nSPS) is 17.3. The highest BCUT2D eigenvalue weighted by molar-refractivity contribution is 7.15. The summed E-state index contributed by atoms with van der Waals surface area (Å²) >= 11 is 1.68. The molecule has 2 heterocycles. The van der Waals surface area contributed by atoms with Crippen molar-refractivity contribution < 1.29 is 4.79 Å². The van der Waals surface area contributed by atoms with Crippen LogP contribution in [-0.2, 0) is 4.79 Å². The molecule has 0 aliphatic carbocycles. The number of nitrogens with one attached hydrogen (secondary N) is 1. The number of hydrogen-bond acceptors (Lipinski definition) is 5. The van der Waals surface area contributed by atoms with Crippen LogP contribution in [-0.4, -0.2) is 35.2 Å². The fourth-order valence-electron chi connectivity index (χ4n) is 2.20. The molecule has 1 saturated heterocycles. The number of carbonyl (C=O) groups excluding carboxylic acids is 1. The topological polar surface area (TPSA) is 58.1 Å². The van der Waals surface area contributed by atoms with Gasteiger partial charge in [0.25, 0.3) is 0 Å². The molecule has 1 aliphatic heterocycles. The van der Waals surface area contributed by atoms with Gasteiger partial charge in [-0.3, -0.25) is 4.79 Å². The Bertz CT molecular complexity index is 484. The number of anilines is 1. The van der Waals surface area contributed by atoms with Gasteiger partial charge in [0.05, 0.1) is 0 Å². The van der Waals surface area contributed by atoms with Crippen LogP contribution in [0.15, 0.2) is 0 Å². The van der Waals surface area contributed by atoms with Crippen LogP contribution in [0.4, 0.5) is 5.13 Å². The Hall–Kier alpha value is -1.17. The lowest BCUT2D eigenvalue weighted by Gasteiger charge is -2.33. The second-order valence-corrected chi connectivity index (χ2v) is 8.05. The van der Waals surface area contributed by atoms with Gasteiger partial charge in [-0.25, -0.2) is 0 Å². The summed E-state index contributed by atoms with van der Waals surface area (Å²) in [4.78, 5) is 14.3. The molecule has 0 atom stereocenters. The lowest BCUT2D eigenvalue weighted by molar-refractivity contribution is -0.129. The average Bonchev–Trinajstić information content (AvgIpc) is 2.88. The van der Waals surface area contributed by atoms with Crippen molar-refractivity contribution >= 4 is 22.4 Å². The van der Waals surface area contributed by atoms with Gasteiger partial charge in [-0.1, -0.05) is 46.0 Å². The third-order valence-electron chi connectivity index (χ3n) is 3.71. The maximum atomic E-state index is 12.0. The Labute approximate surface area is 131 Å². The van der Waals surface area contributed by atoms with E-state index in [1.54, 1.807) is 11.3 Å². The van der Waals surface area contributed by atoms with Crippen molar-refractivity contribution in [2.45, 2.75) is 59.4 Å². The number of amides is 1. The van der Waals surface area contributed by atoms with Crippen molar-refractivity contribution in [2.75, 3.05) is 18.0 Å². The van der Waals surface area contributed by atoms with E-state index in [0.29, 0.717) is 5.92 Å². The summed E-state index contributed by atoms with van der Waals surface area (Å²) in [6.07, 6.45) is 1.94. The average molecular weight is 310 g/mol. The predicted molar refractivity (Wildman–Crippen MR) is 86.8 cm³/mol. The van der Waals surface area contributed by atoms with Crippen LogP contribution in [0.2, 0.25) is 0 Å². The molecule has 6 heteroatoms. The highest BCUT2D eigenvalue weighted by Gasteiger charge is 2.27. The highest BCUT2D eigenvalue weighted by Crippen LogP contribution is 2.27. The smallest absolute Gasteiger partial charge is 0.225 e. The molecule has 118 valence electrons. The van der Waals surface area contributed by atoms with E-state index < -0.39 is 0 Å².